The zero-order chi connectivity index (χ0) is 11.8. The molecule has 1 rings (SSSR count). The highest BCUT2D eigenvalue weighted by Crippen LogP contribution is 2.11. The summed E-state index contributed by atoms with van der Waals surface area (Å²) in [6, 6.07) is 0.127. The van der Waals surface area contributed by atoms with E-state index in [-0.39, 0.29) is 6.03 Å². The molecule has 0 unspecified atom stereocenters. The lowest BCUT2D eigenvalue weighted by atomic mass is 10.2. The second-order valence-corrected chi connectivity index (χ2v) is 4.31. The van der Waals surface area contributed by atoms with E-state index >= 15 is 0 Å². The maximum atomic E-state index is 12.2. The lowest BCUT2D eigenvalue weighted by molar-refractivity contribution is 0.160. The molecule has 1 saturated heterocycles. The predicted octanol–water partition coefficient (Wildman–Crippen LogP) is 2.33. The third-order valence-corrected chi connectivity index (χ3v) is 2.92. The second-order valence-electron chi connectivity index (χ2n) is 4.31. The Morgan fingerprint density at radius 2 is 1.94 bits per heavy atom. The highest BCUT2D eigenvalue weighted by atomic mass is 16.2. The van der Waals surface area contributed by atoms with E-state index in [1.165, 1.54) is 12.8 Å². The van der Waals surface area contributed by atoms with E-state index in [1.54, 1.807) is 4.90 Å². The van der Waals surface area contributed by atoms with Crippen LogP contribution in [-0.4, -0.2) is 42.0 Å². The third kappa shape index (κ3) is 3.77. The van der Waals surface area contributed by atoms with Gasteiger partial charge in [-0.05, 0) is 19.3 Å². The molecular formula is C13H22N2O. The standard InChI is InChI=1S/C13H22N2O/c1-3-9-14(10-4-2)13(16)15-11-7-5-6-8-12-15/h1H,4-12H2,2H3. The number of hydrogen-bond donors (Lipinski definition) is 0. The van der Waals surface area contributed by atoms with Crippen molar-refractivity contribution < 1.29 is 4.79 Å². The molecule has 0 aliphatic carbocycles. The summed E-state index contributed by atoms with van der Waals surface area (Å²) in [6.45, 7) is 5.05. The van der Waals surface area contributed by atoms with Crippen molar-refractivity contribution in [3.8, 4) is 12.3 Å². The van der Waals surface area contributed by atoms with Crippen LogP contribution in [-0.2, 0) is 0 Å². The summed E-state index contributed by atoms with van der Waals surface area (Å²) in [7, 11) is 0. The molecule has 3 nitrogen and oxygen atoms in total. The fraction of sp³-hybridized carbons (Fsp3) is 0.769. The normalized spacial score (nSPS) is 16.4. The molecule has 90 valence electrons. The van der Waals surface area contributed by atoms with Crippen LogP contribution in [0.4, 0.5) is 4.79 Å². The van der Waals surface area contributed by atoms with Crippen LogP contribution in [0, 0.1) is 12.3 Å². The number of likely N-dealkylation sites (tertiary alicyclic amines) is 1. The van der Waals surface area contributed by atoms with E-state index in [0.717, 1.165) is 38.9 Å². The van der Waals surface area contributed by atoms with Crippen LogP contribution in [0.5, 0.6) is 0 Å². The van der Waals surface area contributed by atoms with Gasteiger partial charge in [0.1, 0.15) is 0 Å². The van der Waals surface area contributed by atoms with Crippen LogP contribution < -0.4 is 0 Å². The Labute approximate surface area is 98.8 Å². The molecule has 0 radical (unpaired) electrons. The summed E-state index contributed by atoms with van der Waals surface area (Å²) in [5, 5.41) is 0. The first kappa shape index (κ1) is 12.9. The fourth-order valence-electron chi connectivity index (χ4n) is 2.08. The second kappa shape index (κ2) is 7.16. The summed E-state index contributed by atoms with van der Waals surface area (Å²) in [5.74, 6) is 2.57. The van der Waals surface area contributed by atoms with E-state index in [4.69, 9.17) is 6.42 Å². The van der Waals surface area contributed by atoms with Crippen molar-refractivity contribution in [1.82, 2.24) is 9.80 Å². The molecule has 1 aliphatic rings. The Kier molecular flexibility index (Phi) is 5.77. The van der Waals surface area contributed by atoms with E-state index in [2.05, 4.69) is 12.8 Å². The zero-order valence-corrected chi connectivity index (χ0v) is 10.2. The van der Waals surface area contributed by atoms with Crippen LogP contribution in [0.15, 0.2) is 0 Å². The van der Waals surface area contributed by atoms with Crippen molar-refractivity contribution in [1.29, 1.82) is 0 Å². The van der Waals surface area contributed by atoms with Gasteiger partial charge in [-0.15, -0.1) is 6.42 Å². The Balaban J connectivity index is 2.54. The maximum absolute atomic E-state index is 12.2. The van der Waals surface area contributed by atoms with Crippen LogP contribution >= 0.6 is 0 Å². The van der Waals surface area contributed by atoms with Gasteiger partial charge in [-0.3, -0.25) is 0 Å². The summed E-state index contributed by atoms with van der Waals surface area (Å²) < 4.78 is 0. The average Bonchev–Trinajstić information content (AvgIpc) is 2.56. The van der Waals surface area contributed by atoms with Gasteiger partial charge >= 0.3 is 6.03 Å². The minimum atomic E-state index is 0.127. The van der Waals surface area contributed by atoms with Crippen molar-refractivity contribution in [3.05, 3.63) is 0 Å². The predicted molar refractivity (Wildman–Crippen MR) is 66.1 cm³/mol. The molecule has 2 amide bonds. The van der Waals surface area contributed by atoms with Gasteiger partial charge in [0, 0.05) is 19.6 Å². The number of carbonyl (C=O) groups is 1. The number of rotatable bonds is 3. The summed E-state index contributed by atoms with van der Waals surface area (Å²) in [5.41, 5.74) is 0. The van der Waals surface area contributed by atoms with Crippen molar-refractivity contribution in [2.45, 2.75) is 39.0 Å². The zero-order valence-electron chi connectivity index (χ0n) is 10.2. The SMILES string of the molecule is C#CCN(CCC)C(=O)N1CCCCCC1. The van der Waals surface area contributed by atoms with Gasteiger partial charge in [-0.2, -0.15) is 0 Å². The highest BCUT2D eigenvalue weighted by molar-refractivity contribution is 5.74. The quantitative estimate of drug-likeness (QED) is 0.672. The summed E-state index contributed by atoms with van der Waals surface area (Å²) in [6.07, 6.45) is 11.0. The van der Waals surface area contributed by atoms with Crippen LogP contribution in [0.25, 0.3) is 0 Å². The Morgan fingerprint density at radius 1 is 1.31 bits per heavy atom. The monoisotopic (exact) mass is 222 g/mol. The van der Waals surface area contributed by atoms with Gasteiger partial charge in [0.2, 0.25) is 0 Å². The molecule has 1 heterocycles. The fourth-order valence-corrected chi connectivity index (χ4v) is 2.08. The van der Waals surface area contributed by atoms with Crippen LogP contribution in [0.1, 0.15) is 39.0 Å². The van der Waals surface area contributed by atoms with E-state index in [1.807, 2.05) is 4.90 Å². The number of terminal acetylenes is 1. The molecule has 0 saturated carbocycles. The molecule has 0 aromatic carbocycles. The van der Waals surface area contributed by atoms with Gasteiger partial charge < -0.3 is 9.80 Å². The van der Waals surface area contributed by atoms with E-state index in [9.17, 15) is 4.79 Å². The van der Waals surface area contributed by atoms with Gasteiger partial charge in [-0.1, -0.05) is 25.7 Å². The molecule has 0 N–H and O–H groups in total. The lowest BCUT2D eigenvalue weighted by Crippen LogP contribution is -2.44. The van der Waals surface area contributed by atoms with Crippen molar-refractivity contribution in [2.24, 2.45) is 0 Å². The number of amides is 2. The van der Waals surface area contributed by atoms with E-state index < -0.39 is 0 Å². The molecule has 16 heavy (non-hydrogen) atoms. The first-order valence-electron chi connectivity index (χ1n) is 6.27. The highest BCUT2D eigenvalue weighted by Gasteiger charge is 2.20. The van der Waals surface area contributed by atoms with Crippen LogP contribution in [0.3, 0.4) is 0 Å². The topological polar surface area (TPSA) is 23.6 Å². The van der Waals surface area contributed by atoms with Gasteiger partial charge in [-0.25, -0.2) is 4.79 Å². The van der Waals surface area contributed by atoms with Gasteiger partial charge in [0.15, 0.2) is 0 Å². The minimum Gasteiger partial charge on any atom is -0.325 e. The molecule has 0 atom stereocenters. The van der Waals surface area contributed by atoms with E-state index in [0.29, 0.717) is 6.54 Å². The van der Waals surface area contributed by atoms with Gasteiger partial charge in [0.05, 0.1) is 6.54 Å². The third-order valence-electron chi connectivity index (χ3n) is 2.92. The van der Waals surface area contributed by atoms with Crippen LogP contribution in [0.2, 0.25) is 0 Å². The van der Waals surface area contributed by atoms with Crippen molar-refractivity contribution in [2.75, 3.05) is 26.2 Å². The maximum Gasteiger partial charge on any atom is 0.320 e. The summed E-state index contributed by atoms with van der Waals surface area (Å²) in [4.78, 5) is 15.9. The Morgan fingerprint density at radius 3 is 2.44 bits per heavy atom. The van der Waals surface area contributed by atoms with Crippen molar-refractivity contribution >= 4 is 6.03 Å². The number of carbonyl (C=O) groups excluding carboxylic acids is 1. The Bertz CT molecular complexity index is 249. The molecule has 0 aromatic heterocycles. The molecular weight excluding hydrogens is 200 g/mol. The van der Waals surface area contributed by atoms with Gasteiger partial charge in [0.25, 0.3) is 0 Å². The average molecular weight is 222 g/mol. The summed E-state index contributed by atoms with van der Waals surface area (Å²) >= 11 is 0. The number of hydrogen-bond acceptors (Lipinski definition) is 1. The number of nitrogens with zero attached hydrogens (tertiary/aromatic N) is 2. The minimum absolute atomic E-state index is 0.127. The molecule has 0 aromatic rings. The first-order chi connectivity index (χ1) is 7.79. The molecule has 3 heteroatoms. The van der Waals surface area contributed by atoms with Crippen molar-refractivity contribution in [3.63, 3.8) is 0 Å². The molecule has 1 fully saturated rings. The largest absolute Gasteiger partial charge is 0.325 e. The molecule has 1 aliphatic heterocycles. The smallest absolute Gasteiger partial charge is 0.320 e. The number of urea groups is 1. The molecule has 0 spiro atoms. The lowest BCUT2D eigenvalue weighted by Gasteiger charge is -2.28. The first-order valence-corrected chi connectivity index (χ1v) is 6.27. The molecule has 0 bridgehead atoms. The Hall–Kier alpha value is -1.17.